The Bertz CT molecular complexity index is 1450. The fourth-order valence-corrected chi connectivity index (χ4v) is 4.05. The molecule has 0 saturated carbocycles. The first-order valence-corrected chi connectivity index (χ1v) is 11.4. The fourth-order valence-electron chi connectivity index (χ4n) is 4.05. The number of pyridine rings is 1. The van der Waals surface area contributed by atoms with Crippen LogP contribution in [0, 0.1) is 11.6 Å². The number of amides is 2. The molecule has 1 aliphatic rings. The number of alkyl halides is 3. The van der Waals surface area contributed by atoms with Gasteiger partial charge in [-0.15, -0.1) is 0 Å². The zero-order chi connectivity index (χ0) is 28.8. The number of hydrogen-bond acceptors (Lipinski definition) is 6. The molecule has 0 spiro atoms. The Balaban J connectivity index is 1.82. The Morgan fingerprint density at radius 2 is 1.82 bits per heavy atom. The lowest BCUT2D eigenvalue weighted by Gasteiger charge is -2.31. The van der Waals surface area contributed by atoms with Crippen molar-refractivity contribution >= 4 is 11.8 Å². The predicted octanol–water partition coefficient (Wildman–Crippen LogP) is 3.35. The van der Waals surface area contributed by atoms with Gasteiger partial charge in [0.1, 0.15) is 29.3 Å². The molecule has 1 aromatic heterocycles. The summed E-state index contributed by atoms with van der Waals surface area (Å²) in [5, 5.41) is 13.0. The highest BCUT2D eigenvalue weighted by Gasteiger charge is 2.57. The SMILES string of the molecule is COc1cc(C(=O)NCC(O)(c2cc3c(c(-c4ccc(F)cc4)n2)OC[C@]3(C)C(N)=O)C(F)(F)F)ccc1F. The van der Waals surface area contributed by atoms with Gasteiger partial charge in [-0.1, -0.05) is 0 Å². The van der Waals surface area contributed by atoms with Crippen molar-refractivity contribution in [3.05, 3.63) is 77.0 Å². The van der Waals surface area contributed by atoms with Crippen molar-refractivity contribution in [1.29, 1.82) is 0 Å². The fraction of sp³-hybridized carbons (Fsp3) is 0.269. The van der Waals surface area contributed by atoms with E-state index in [0.717, 1.165) is 43.5 Å². The first-order chi connectivity index (χ1) is 18.2. The van der Waals surface area contributed by atoms with Crippen LogP contribution in [0.15, 0.2) is 48.5 Å². The first-order valence-electron chi connectivity index (χ1n) is 11.4. The number of aliphatic hydroxyl groups is 1. The van der Waals surface area contributed by atoms with E-state index in [1.807, 2.05) is 5.32 Å². The molecule has 0 fully saturated rings. The van der Waals surface area contributed by atoms with E-state index >= 15 is 0 Å². The van der Waals surface area contributed by atoms with Crippen molar-refractivity contribution in [3.63, 3.8) is 0 Å². The number of fused-ring (bicyclic) bond motifs is 1. The van der Waals surface area contributed by atoms with Crippen LogP contribution in [0.2, 0.25) is 0 Å². The van der Waals surface area contributed by atoms with Crippen LogP contribution in [0.25, 0.3) is 11.3 Å². The molecule has 0 aliphatic carbocycles. The summed E-state index contributed by atoms with van der Waals surface area (Å²) in [5.41, 5.74) is -1.16. The molecule has 4 rings (SSSR count). The number of benzene rings is 2. The van der Waals surface area contributed by atoms with Gasteiger partial charge in [-0.3, -0.25) is 9.59 Å². The number of nitrogens with two attached hydrogens (primary N) is 1. The number of nitrogens with one attached hydrogen (secondary N) is 1. The van der Waals surface area contributed by atoms with Crippen LogP contribution in [0.5, 0.6) is 11.5 Å². The van der Waals surface area contributed by atoms with Gasteiger partial charge in [0.05, 0.1) is 19.3 Å². The second kappa shape index (κ2) is 9.80. The molecule has 3 aromatic rings. The van der Waals surface area contributed by atoms with E-state index < -0.39 is 52.9 Å². The van der Waals surface area contributed by atoms with Crippen LogP contribution in [0.1, 0.15) is 28.5 Å². The van der Waals surface area contributed by atoms with Gasteiger partial charge in [0, 0.05) is 16.7 Å². The van der Waals surface area contributed by atoms with Gasteiger partial charge in [-0.2, -0.15) is 13.2 Å². The lowest BCUT2D eigenvalue weighted by molar-refractivity contribution is -0.265. The summed E-state index contributed by atoms with van der Waals surface area (Å²) < 4.78 is 80.9. The molecule has 0 radical (unpaired) electrons. The maximum Gasteiger partial charge on any atom is 0.424 e. The minimum Gasteiger partial charge on any atom is -0.494 e. The summed E-state index contributed by atoms with van der Waals surface area (Å²) in [5.74, 6) is -3.77. The largest absolute Gasteiger partial charge is 0.494 e. The molecule has 2 aromatic carbocycles. The molecule has 2 atom stereocenters. The molecule has 0 saturated heterocycles. The molecule has 206 valence electrons. The number of nitrogens with zero attached hydrogens (tertiary/aromatic N) is 1. The summed E-state index contributed by atoms with van der Waals surface area (Å²) in [7, 11) is 1.14. The van der Waals surface area contributed by atoms with Gasteiger partial charge in [-0.05, 0) is 55.5 Å². The van der Waals surface area contributed by atoms with Crippen molar-refractivity contribution in [2.24, 2.45) is 5.73 Å². The Morgan fingerprint density at radius 1 is 1.15 bits per heavy atom. The van der Waals surface area contributed by atoms with Crippen LogP contribution < -0.4 is 20.5 Å². The van der Waals surface area contributed by atoms with E-state index in [0.29, 0.717) is 0 Å². The quantitative estimate of drug-likeness (QED) is 0.387. The summed E-state index contributed by atoms with van der Waals surface area (Å²) >= 11 is 0. The number of hydrogen-bond donors (Lipinski definition) is 3. The van der Waals surface area contributed by atoms with Gasteiger partial charge < -0.3 is 25.6 Å². The average Bonchev–Trinajstić information content (AvgIpc) is 3.24. The Morgan fingerprint density at radius 3 is 2.41 bits per heavy atom. The smallest absolute Gasteiger partial charge is 0.424 e. The highest BCUT2D eigenvalue weighted by molar-refractivity contribution is 5.94. The van der Waals surface area contributed by atoms with E-state index in [-0.39, 0.29) is 40.5 Å². The first kappa shape index (κ1) is 27.8. The molecule has 0 bridgehead atoms. The topological polar surface area (TPSA) is 124 Å². The van der Waals surface area contributed by atoms with Crippen molar-refractivity contribution in [2.75, 3.05) is 20.3 Å². The number of carbonyl (C=O) groups is 2. The lowest BCUT2D eigenvalue weighted by atomic mass is 9.81. The number of aromatic nitrogens is 1. The maximum atomic E-state index is 14.4. The number of ether oxygens (including phenoxy) is 2. The van der Waals surface area contributed by atoms with Crippen LogP contribution in [0.4, 0.5) is 22.0 Å². The molecule has 8 nitrogen and oxygen atoms in total. The third-order valence-electron chi connectivity index (χ3n) is 6.54. The van der Waals surface area contributed by atoms with E-state index in [9.17, 15) is 36.6 Å². The summed E-state index contributed by atoms with van der Waals surface area (Å²) in [6.07, 6.45) is -5.38. The molecular formula is C26H22F5N3O5. The molecule has 13 heteroatoms. The molecule has 39 heavy (non-hydrogen) atoms. The Kier molecular flexibility index (Phi) is 6.98. The second-order valence-corrected chi connectivity index (χ2v) is 9.11. The third kappa shape index (κ3) is 4.85. The predicted molar refractivity (Wildman–Crippen MR) is 127 cm³/mol. The lowest BCUT2D eigenvalue weighted by Crippen LogP contribution is -2.51. The van der Waals surface area contributed by atoms with Crippen molar-refractivity contribution < 1.29 is 46.1 Å². The minimum atomic E-state index is -5.38. The number of primary amides is 1. The monoisotopic (exact) mass is 551 g/mol. The van der Waals surface area contributed by atoms with Gasteiger partial charge >= 0.3 is 6.18 Å². The Hall–Kier alpha value is -4.26. The molecule has 2 heterocycles. The highest BCUT2D eigenvalue weighted by Crippen LogP contribution is 2.47. The standard InChI is InChI=1S/C26H22F5N3O5/c1-24(23(32)36)12-39-21-16(24)10-19(34-20(21)13-3-6-15(27)7-4-13)25(37,26(29,30)31)11-33-22(35)14-5-8-17(28)18(9-14)38-2/h3-10,37H,11-12H2,1-2H3,(H2,32,36)(H,33,35)/t24-,25?/m0/s1. The third-order valence-corrected chi connectivity index (χ3v) is 6.54. The average molecular weight is 551 g/mol. The maximum absolute atomic E-state index is 14.4. The van der Waals surface area contributed by atoms with E-state index in [4.69, 9.17) is 15.2 Å². The van der Waals surface area contributed by atoms with E-state index in [1.165, 1.54) is 19.1 Å². The Labute approximate surface area is 218 Å². The normalized spacial score (nSPS) is 18.1. The molecular weight excluding hydrogens is 529 g/mol. The number of rotatable bonds is 7. The number of halogens is 5. The van der Waals surface area contributed by atoms with Gasteiger partial charge in [0.15, 0.2) is 11.6 Å². The van der Waals surface area contributed by atoms with Crippen molar-refractivity contribution in [3.8, 4) is 22.8 Å². The number of carbonyl (C=O) groups excluding carboxylic acids is 2. The van der Waals surface area contributed by atoms with Gasteiger partial charge in [0.2, 0.25) is 11.5 Å². The summed E-state index contributed by atoms with van der Waals surface area (Å²) in [4.78, 5) is 28.9. The zero-order valence-electron chi connectivity index (χ0n) is 20.5. The molecule has 4 N–H and O–H groups in total. The van der Waals surface area contributed by atoms with E-state index in [1.54, 1.807) is 0 Å². The van der Waals surface area contributed by atoms with E-state index in [2.05, 4.69) is 4.98 Å². The molecule has 1 unspecified atom stereocenters. The summed E-state index contributed by atoms with van der Waals surface area (Å²) in [6.45, 7) is -0.363. The minimum absolute atomic E-state index is 0.0568. The summed E-state index contributed by atoms with van der Waals surface area (Å²) in [6, 6.07) is 8.31. The van der Waals surface area contributed by atoms with Gasteiger partial charge in [0.25, 0.3) is 5.91 Å². The molecule has 1 aliphatic heterocycles. The van der Waals surface area contributed by atoms with Crippen LogP contribution >= 0.6 is 0 Å². The zero-order valence-corrected chi connectivity index (χ0v) is 20.5. The van der Waals surface area contributed by atoms with Crippen LogP contribution in [0.3, 0.4) is 0 Å². The van der Waals surface area contributed by atoms with Crippen LogP contribution in [-0.2, 0) is 15.8 Å². The number of methoxy groups -OCH3 is 1. The van der Waals surface area contributed by atoms with Crippen molar-refractivity contribution in [2.45, 2.75) is 24.1 Å². The van der Waals surface area contributed by atoms with Crippen LogP contribution in [-0.4, -0.2) is 48.3 Å². The molecule has 2 amide bonds. The van der Waals surface area contributed by atoms with Gasteiger partial charge in [-0.25, -0.2) is 13.8 Å². The van der Waals surface area contributed by atoms with Crippen molar-refractivity contribution in [1.82, 2.24) is 10.3 Å². The second-order valence-electron chi connectivity index (χ2n) is 9.11. The highest BCUT2D eigenvalue weighted by atomic mass is 19.4.